The molecule has 37 heavy (non-hydrogen) atoms. The third kappa shape index (κ3) is 6.63. The average Bonchev–Trinajstić information content (AvgIpc) is 3.22. The van der Waals surface area contributed by atoms with Crippen molar-refractivity contribution in [3.63, 3.8) is 0 Å². The number of ether oxygens (including phenoxy) is 1. The lowest BCUT2D eigenvalue weighted by atomic mass is 10.1. The van der Waals surface area contributed by atoms with Gasteiger partial charge in [0.2, 0.25) is 17.6 Å². The van der Waals surface area contributed by atoms with Gasteiger partial charge < -0.3 is 14.5 Å². The summed E-state index contributed by atoms with van der Waals surface area (Å²) in [6.07, 6.45) is -3.28. The molecule has 0 radical (unpaired) electrons. The first-order chi connectivity index (χ1) is 17.4. The van der Waals surface area contributed by atoms with Crippen molar-refractivity contribution in [3.8, 4) is 11.9 Å². The van der Waals surface area contributed by atoms with Gasteiger partial charge >= 0.3 is 11.9 Å². The SMILES string of the molecule is CC(=O)C(F)(F)F.CCCC(=O)N1CCN2c3cc(OCc4ccc(F)c(C#N)c4)nc(=O)n3CC2C1. The summed E-state index contributed by atoms with van der Waals surface area (Å²) in [6, 6.07) is 7.71. The first-order valence-electron chi connectivity index (χ1n) is 11.5. The van der Waals surface area contributed by atoms with Gasteiger partial charge in [0.1, 0.15) is 24.3 Å². The lowest BCUT2D eigenvalue weighted by molar-refractivity contribution is -0.168. The number of alkyl halides is 3. The Morgan fingerprint density at radius 2 is 1.92 bits per heavy atom. The molecule has 4 rings (SSSR count). The van der Waals surface area contributed by atoms with Crippen LogP contribution in [-0.4, -0.2) is 58.0 Å². The number of amides is 1. The Morgan fingerprint density at radius 1 is 1.22 bits per heavy atom. The fourth-order valence-corrected chi connectivity index (χ4v) is 3.98. The molecule has 0 aliphatic carbocycles. The zero-order chi connectivity index (χ0) is 27.3. The molecular weight excluding hydrogens is 498 g/mol. The maximum absolute atomic E-state index is 13.5. The van der Waals surface area contributed by atoms with Crippen LogP contribution in [0, 0.1) is 17.1 Å². The molecule has 2 aromatic rings. The molecule has 1 saturated heterocycles. The number of hydrogen-bond acceptors (Lipinski definition) is 7. The Kier molecular flexibility index (Phi) is 8.52. The lowest BCUT2D eigenvalue weighted by Gasteiger charge is -2.38. The number of carbonyl (C=O) groups is 2. The first-order valence-corrected chi connectivity index (χ1v) is 11.5. The highest BCUT2D eigenvalue weighted by Crippen LogP contribution is 2.29. The van der Waals surface area contributed by atoms with Crippen molar-refractivity contribution in [2.45, 2.75) is 52.1 Å². The fourth-order valence-electron chi connectivity index (χ4n) is 3.98. The number of anilines is 1. The Bertz CT molecular complexity index is 1270. The molecule has 1 aromatic heterocycles. The molecule has 1 fully saturated rings. The second kappa shape index (κ2) is 11.4. The van der Waals surface area contributed by atoms with Gasteiger partial charge in [-0.25, -0.2) is 9.18 Å². The molecule has 0 saturated carbocycles. The molecule has 13 heteroatoms. The fraction of sp³-hybridized carbons (Fsp3) is 0.458. The van der Waals surface area contributed by atoms with E-state index in [1.54, 1.807) is 16.7 Å². The first kappa shape index (κ1) is 27.6. The second-order valence-corrected chi connectivity index (χ2v) is 8.55. The molecule has 2 aliphatic heterocycles. The Labute approximate surface area is 209 Å². The highest BCUT2D eigenvalue weighted by Gasteiger charge is 2.37. The number of aromatic nitrogens is 2. The number of benzene rings is 1. The molecule has 1 atom stereocenters. The molecule has 9 nitrogen and oxygen atoms in total. The lowest BCUT2D eigenvalue weighted by Crippen LogP contribution is -2.53. The van der Waals surface area contributed by atoms with Crippen molar-refractivity contribution < 1.29 is 31.9 Å². The summed E-state index contributed by atoms with van der Waals surface area (Å²) in [5.74, 6) is -1.28. The van der Waals surface area contributed by atoms with Crippen molar-refractivity contribution in [1.82, 2.24) is 14.5 Å². The molecule has 0 bridgehead atoms. The molecule has 2 aliphatic rings. The van der Waals surface area contributed by atoms with Crippen LogP contribution in [0.4, 0.5) is 23.4 Å². The van der Waals surface area contributed by atoms with E-state index < -0.39 is 23.5 Å². The Balaban J connectivity index is 0.000000479. The monoisotopic (exact) mass is 523 g/mol. The van der Waals surface area contributed by atoms with Crippen molar-refractivity contribution in [3.05, 3.63) is 51.7 Å². The van der Waals surface area contributed by atoms with Gasteiger partial charge in [-0.05, 0) is 24.1 Å². The molecule has 3 heterocycles. The molecule has 0 N–H and O–H groups in total. The van der Waals surface area contributed by atoms with E-state index in [1.807, 2.05) is 11.8 Å². The minimum atomic E-state index is -4.64. The van der Waals surface area contributed by atoms with Crippen LogP contribution in [0.25, 0.3) is 0 Å². The second-order valence-electron chi connectivity index (χ2n) is 8.55. The van der Waals surface area contributed by atoms with Crippen LogP contribution in [0.1, 0.15) is 37.8 Å². The van der Waals surface area contributed by atoms with E-state index in [9.17, 15) is 31.9 Å². The number of ketones is 1. The van der Waals surface area contributed by atoms with Gasteiger partial charge in [-0.2, -0.15) is 23.4 Å². The minimum Gasteiger partial charge on any atom is -0.473 e. The quantitative estimate of drug-likeness (QED) is 0.555. The van der Waals surface area contributed by atoms with E-state index in [-0.39, 0.29) is 30.0 Å². The summed E-state index contributed by atoms with van der Waals surface area (Å²) in [6.45, 7) is 4.87. The van der Waals surface area contributed by atoms with E-state index in [0.29, 0.717) is 45.1 Å². The standard InChI is InChI=1S/C21H22FN5O3.C3H3F3O/c1-2-3-20(28)25-6-7-26-16(11-25)12-27-19(26)9-18(24-21(27)29)30-13-14-4-5-17(22)15(8-14)10-23;1-2(7)3(4,5)6/h4-5,8-9,16H,2-3,6-7,11-13H2,1H3;1H3. The van der Waals surface area contributed by atoms with Crippen LogP contribution in [-0.2, 0) is 22.7 Å². The van der Waals surface area contributed by atoms with Crippen LogP contribution in [0.3, 0.4) is 0 Å². The Hall–Kier alpha value is -3.95. The number of nitrogens with zero attached hydrogens (tertiary/aromatic N) is 5. The van der Waals surface area contributed by atoms with Crippen molar-refractivity contribution in [2.75, 3.05) is 24.5 Å². The number of carbonyl (C=O) groups excluding carboxylic acids is 2. The van der Waals surface area contributed by atoms with E-state index in [0.717, 1.165) is 12.2 Å². The third-order valence-corrected chi connectivity index (χ3v) is 5.89. The molecule has 0 spiro atoms. The molecule has 1 aromatic carbocycles. The number of rotatable bonds is 5. The summed E-state index contributed by atoms with van der Waals surface area (Å²) in [5.41, 5.74) is 0.146. The maximum Gasteiger partial charge on any atom is 0.449 e. The van der Waals surface area contributed by atoms with Gasteiger partial charge in [0.15, 0.2) is 0 Å². The topological polar surface area (TPSA) is 109 Å². The van der Waals surface area contributed by atoms with Crippen LogP contribution in [0.2, 0.25) is 0 Å². The Morgan fingerprint density at radius 3 is 2.54 bits per heavy atom. The number of piperazine rings is 1. The van der Waals surface area contributed by atoms with Crippen LogP contribution >= 0.6 is 0 Å². The van der Waals surface area contributed by atoms with E-state index in [1.165, 1.54) is 18.2 Å². The van der Waals surface area contributed by atoms with E-state index >= 15 is 0 Å². The smallest absolute Gasteiger partial charge is 0.449 e. The van der Waals surface area contributed by atoms with E-state index in [2.05, 4.69) is 9.88 Å². The highest BCUT2D eigenvalue weighted by atomic mass is 19.4. The summed E-state index contributed by atoms with van der Waals surface area (Å²) in [5, 5.41) is 8.95. The predicted octanol–water partition coefficient (Wildman–Crippen LogP) is 2.80. The average molecular weight is 523 g/mol. The highest BCUT2D eigenvalue weighted by molar-refractivity contribution is 5.81. The number of Topliss-reactive ketones (excluding diaryl/α,β-unsaturated/α-hetero) is 1. The summed E-state index contributed by atoms with van der Waals surface area (Å²) >= 11 is 0. The van der Waals surface area contributed by atoms with Crippen LogP contribution in [0.5, 0.6) is 5.88 Å². The molecular formula is C24H25F4N5O4. The summed E-state index contributed by atoms with van der Waals surface area (Å²) < 4.78 is 53.2. The minimum absolute atomic E-state index is 0.0413. The summed E-state index contributed by atoms with van der Waals surface area (Å²) in [4.78, 5) is 42.1. The molecule has 1 unspecified atom stereocenters. The van der Waals surface area contributed by atoms with Gasteiger partial charge in [0, 0.05) is 39.0 Å². The van der Waals surface area contributed by atoms with Crippen molar-refractivity contribution in [2.24, 2.45) is 0 Å². The molecule has 198 valence electrons. The summed E-state index contributed by atoms with van der Waals surface area (Å²) in [7, 11) is 0. The number of halogens is 4. The zero-order valence-corrected chi connectivity index (χ0v) is 20.2. The van der Waals surface area contributed by atoms with Gasteiger partial charge in [0.25, 0.3) is 0 Å². The largest absolute Gasteiger partial charge is 0.473 e. The predicted molar refractivity (Wildman–Crippen MR) is 123 cm³/mol. The molecule has 1 amide bonds. The van der Waals surface area contributed by atoms with Gasteiger partial charge in [-0.1, -0.05) is 13.0 Å². The van der Waals surface area contributed by atoms with Crippen molar-refractivity contribution >= 4 is 17.5 Å². The number of fused-ring (bicyclic) bond motifs is 3. The van der Waals surface area contributed by atoms with Crippen LogP contribution < -0.4 is 15.3 Å². The normalized spacial score (nSPS) is 16.2. The maximum atomic E-state index is 13.5. The van der Waals surface area contributed by atoms with Crippen LogP contribution in [0.15, 0.2) is 29.1 Å². The van der Waals surface area contributed by atoms with E-state index in [4.69, 9.17) is 10.00 Å². The van der Waals surface area contributed by atoms with Gasteiger partial charge in [-0.3, -0.25) is 14.2 Å². The van der Waals surface area contributed by atoms with Gasteiger partial charge in [-0.15, -0.1) is 0 Å². The van der Waals surface area contributed by atoms with Gasteiger partial charge in [0.05, 0.1) is 18.2 Å². The third-order valence-electron chi connectivity index (χ3n) is 5.89. The zero-order valence-electron chi connectivity index (χ0n) is 20.2. The number of nitriles is 1. The number of hydrogen-bond donors (Lipinski definition) is 0. The van der Waals surface area contributed by atoms with Crippen molar-refractivity contribution in [1.29, 1.82) is 5.26 Å².